The van der Waals surface area contributed by atoms with Crippen LogP contribution in [0.25, 0.3) is 0 Å². The maximum absolute atomic E-state index is 12.0. The minimum absolute atomic E-state index is 0.0665. The minimum Gasteiger partial charge on any atom is -0.275 e. The van der Waals surface area contributed by atoms with Gasteiger partial charge in [-0.25, -0.2) is 22.9 Å². The smallest absolute Gasteiger partial charge is 0.275 e. The molecule has 1 fully saturated rings. The number of nitrogens with zero attached hydrogens (tertiary/aromatic N) is 1. The summed E-state index contributed by atoms with van der Waals surface area (Å²) < 4.78 is 26.9. The standard InChI is InChI=1S/C12H13BrN4O5S/c13-8-2-1-3-9(6-8)23(21,22)14-5-4-10(18)16-17-7-11(19)15-12(17)20/h1-3,6,14H,4-5,7H2,(H,16,18)(H,15,19,20). The number of halogens is 1. The molecule has 2 rings (SSSR count). The molecule has 124 valence electrons. The van der Waals surface area contributed by atoms with Gasteiger partial charge in [-0.2, -0.15) is 0 Å². The first-order valence-electron chi connectivity index (χ1n) is 6.44. The van der Waals surface area contributed by atoms with Crippen LogP contribution in [0.2, 0.25) is 0 Å². The summed E-state index contributed by atoms with van der Waals surface area (Å²) in [6.07, 6.45) is -0.189. The molecule has 0 bridgehead atoms. The summed E-state index contributed by atoms with van der Waals surface area (Å²) in [7, 11) is -3.73. The maximum Gasteiger partial charge on any atom is 0.343 e. The Balaban J connectivity index is 1.83. The molecule has 0 spiro atoms. The van der Waals surface area contributed by atoms with Crippen molar-refractivity contribution < 1.29 is 22.8 Å². The average Bonchev–Trinajstić information content (AvgIpc) is 2.76. The summed E-state index contributed by atoms with van der Waals surface area (Å²) in [4.78, 5) is 33.9. The van der Waals surface area contributed by atoms with E-state index in [4.69, 9.17) is 0 Å². The van der Waals surface area contributed by atoms with Crippen molar-refractivity contribution in [3.63, 3.8) is 0 Å². The van der Waals surface area contributed by atoms with E-state index in [9.17, 15) is 22.8 Å². The van der Waals surface area contributed by atoms with Gasteiger partial charge in [-0.15, -0.1) is 0 Å². The predicted molar refractivity (Wildman–Crippen MR) is 82.3 cm³/mol. The van der Waals surface area contributed by atoms with Gasteiger partial charge in [0.05, 0.1) is 4.90 Å². The van der Waals surface area contributed by atoms with Crippen LogP contribution >= 0.6 is 15.9 Å². The zero-order valence-corrected chi connectivity index (χ0v) is 14.1. The molecule has 0 radical (unpaired) electrons. The van der Waals surface area contributed by atoms with Crippen molar-refractivity contribution in [2.75, 3.05) is 13.1 Å². The highest BCUT2D eigenvalue weighted by molar-refractivity contribution is 9.10. The van der Waals surface area contributed by atoms with Gasteiger partial charge in [0.15, 0.2) is 0 Å². The number of hydrazine groups is 1. The van der Waals surface area contributed by atoms with Gasteiger partial charge in [-0.3, -0.25) is 20.3 Å². The van der Waals surface area contributed by atoms with E-state index >= 15 is 0 Å². The molecule has 0 aliphatic carbocycles. The van der Waals surface area contributed by atoms with Crippen LogP contribution in [0, 0.1) is 0 Å². The van der Waals surface area contributed by atoms with Gasteiger partial charge in [0.1, 0.15) is 6.54 Å². The Hall–Kier alpha value is -1.98. The van der Waals surface area contributed by atoms with Crippen LogP contribution in [0.4, 0.5) is 4.79 Å². The molecular formula is C12H13BrN4O5S. The molecule has 0 atom stereocenters. The third-order valence-corrected chi connectivity index (χ3v) is 4.76. The third kappa shape index (κ3) is 4.74. The third-order valence-electron chi connectivity index (χ3n) is 2.80. The topological polar surface area (TPSA) is 125 Å². The van der Waals surface area contributed by atoms with E-state index in [2.05, 4.69) is 26.1 Å². The molecule has 0 saturated carbocycles. The number of amides is 4. The molecule has 0 aromatic heterocycles. The Morgan fingerprint density at radius 2 is 2.09 bits per heavy atom. The first-order valence-corrected chi connectivity index (χ1v) is 8.71. The molecule has 0 unspecified atom stereocenters. The van der Waals surface area contributed by atoms with Crippen LogP contribution < -0.4 is 15.5 Å². The number of rotatable bonds is 6. The molecule has 1 aliphatic rings. The Morgan fingerprint density at radius 1 is 1.35 bits per heavy atom. The Labute approximate surface area is 140 Å². The fourth-order valence-electron chi connectivity index (χ4n) is 1.75. The number of sulfonamides is 1. The maximum atomic E-state index is 12.0. The lowest BCUT2D eigenvalue weighted by atomic mass is 10.4. The highest BCUT2D eigenvalue weighted by atomic mass is 79.9. The summed E-state index contributed by atoms with van der Waals surface area (Å²) in [6.45, 7) is -0.418. The number of carbonyl (C=O) groups excluding carboxylic acids is 3. The normalized spacial score (nSPS) is 14.7. The van der Waals surface area contributed by atoms with E-state index in [1.54, 1.807) is 12.1 Å². The van der Waals surface area contributed by atoms with Gasteiger partial charge in [0.25, 0.3) is 0 Å². The Bertz CT molecular complexity index is 752. The van der Waals surface area contributed by atoms with Gasteiger partial charge < -0.3 is 0 Å². The zero-order chi connectivity index (χ0) is 17.0. The second kappa shape index (κ2) is 7.06. The second-order valence-electron chi connectivity index (χ2n) is 4.58. The summed E-state index contributed by atoms with van der Waals surface area (Å²) in [5.74, 6) is -1.11. The van der Waals surface area contributed by atoms with E-state index in [0.717, 1.165) is 5.01 Å². The van der Waals surface area contributed by atoms with Crippen molar-refractivity contribution in [1.29, 1.82) is 0 Å². The molecule has 1 heterocycles. The fraction of sp³-hybridized carbons (Fsp3) is 0.250. The molecule has 3 N–H and O–H groups in total. The number of carbonyl (C=O) groups is 3. The van der Waals surface area contributed by atoms with E-state index in [1.165, 1.54) is 12.1 Å². The predicted octanol–water partition coefficient (Wildman–Crippen LogP) is -0.299. The van der Waals surface area contributed by atoms with Gasteiger partial charge in [0, 0.05) is 17.4 Å². The molecule has 9 nitrogen and oxygen atoms in total. The van der Waals surface area contributed by atoms with Crippen LogP contribution in [0.1, 0.15) is 6.42 Å². The number of hydrogen-bond acceptors (Lipinski definition) is 5. The lowest BCUT2D eigenvalue weighted by Gasteiger charge is -2.14. The van der Waals surface area contributed by atoms with E-state index < -0.39 is 27.9 Å². The number of urea groups is 1. The van der Waals surface area contributed by atoms with Crippen LogP contribution in [0.15, 0.2) is 33.6 Å². The van der Waals surface area contributed by atoms with Gasteiger partial charge >= 0.3 is 6.03 Å². The van der Waals surface area contributed by atoms with Crippen LogP contribution in [-0.4, -0.2) is 44.4 Å². The average molecular weight is 405 g/mol. The summed E-state index contributed by atoms with van der Waals surface area (Å²) in [6, 6.07) is 5.40. The Morgan fingerprint density at radius 3 is 2.70 bits per heavy atom. The minimum atomic E-state index is -3.73. The molecule has 23 heavy (non-hydrogen) atoms. The van der Waals surface area contributed by atoms with Crippen molar-refractivity contribution in [2.45, 2.75) is 11.3 Å². The Kier molecular flexibility index (Phi) is 5.34. The lowest BCUT2D eigenvalue weighted by Crippen LogP contribution is -2.45. The van der Waals surface area contributed by atoms with E-state index in [-0.39, 0.29) is 24.4 Å². The molecule has 4 amide bonds. The fourth-order valence-corrected chi connectivity index (χ4v) is 3.38. The van der Waals surface area contributed by atoms with Gasteiger partial charge in [-0.05, 0) is 18.2 Å². The first-order chi connectivity index (χ1) is 10.8. The highest BCUT2D eigenvalue weighted by Gasteiger charge is 2.28. The van der Waals surface area contributed by atoms with Crippen molar-refractivity contribution >= 4 is 43.8 Å². The molecule has 11 heteroatoms. The molecule has 1 aromatic carbocycles. The number of imide groups is 1. The summed E-state index contributed by atoms with van der Waals surface area (Å²) in [5.41, 5.74) is 2.21. The van der Waals surface area contributed by atoms with Gasteiger partial charge in [-0.1, -0.05) is 22.0 Å². The summed E-state index contributed by atoms with van der Waals surface area (Å²) >= 11 is 3.18. The van der Waals surface area contributed by atoms with Gasteiger partial charge in [0.2, 0.25) is 21.8 Å². The molecule has 1 aliphatic heterocycles. The quantitative estimate of drug-likeness (QED) is 0.561. The van der Waals surface area contributed by atoms with Crippen molar-refractivity contribution in [1.82, 2.24) is 20.5 Å². The van der Waals surface area contributed by atoms with E-state index in [0.29, 0.717) is 4.47 Å². The zero-order valence-electron chi connectivity index (χ0n) is 11.7. The molecular weight excluding hydrogens is 392 g/mol. The lowest BCUT2D eigenvalue weighted by molar-refractivity contribution is -0.125. The number of hydrogen-bond donors (Lipinski definition) is 3. The largest absolute Gasteiger partial charge is 0.343 e. The molecule has 1 aromatic rings. The molecule has 1 saturated heterocycles. The van der Waals surface area contributed by atoms with Crippen molar-refractivity contribution in [2.24, 2.45) is 0 Å². The van der Waals surface area contributed by atoms with Crippen LogP contribution in [-0.2, 0) is 19.6 Å². The second-order valence-corrected chi connectivity index (χ2v) is 7.26. The van der Waals surface area contributed by atoms with Crippen LogP contribution in [0.3, 0.4) is 0 Å². The van der Waals surface area contributed by atoms with Crippen LogP contribution in [0.5, 0.6) is 0 Å². The highest BCUT2D eigenvalue weighted by Crippen LogP contribution is 2.15. The number of benzene rings is 1. The van der Waals surface area contributed by atoms with Crippen molar-refractivity contribution in [3.8, 4) is 0 Å². The first kappa shape index (κ1) is 17.4. The van der Waals surface area contributed by atoms with E-state index in [1.807, 2.05) is 5.32 Å². The summed E-state index contributed by atoms with van der Waals surface area (Å²) in [5, 5.41) is 2.82. The number of nitrogens with one attached hydrogen (secondary N) is 3. The monoisotopic (exact) mass is 404 g/mol. The SMILES string of the molecule is O=C1CN(NC(=O)CCNS(=O)(=O)c2cccc(Br)c2)C(=O)N1. The van der Waals surface area contributed by atoms with Crippen molar-refractivity contribution in [3.05, 3.63) is 28.7 Å².